The lowest BCUT2D eigenvalue weighted by molar-refractivity contribution is 0.0695. The van der Waals surface area contributed by atoms with Gasteiger partial charge in [-0.2, -0.15) is 0 Å². The Morgan fingerprint density at radius 2 is 1.74 bits per heavy atom. The highest BCUT2D eigenvalue weighted by Gasteiger charge is 2.28. The second kappa shape index (κ2) is 7.76. The summed E-state index contributed by atoms with van der Waals surface area (Å²) in [6, 6.07) is 16.1. The van der Waals surface area contributed by atoms with E-state index in [0.717, 1.165) is 66.9 Å². The maximum absolute atomic E-state index is 12.8. The standard InChI is InChI=1S/C26H25N5O3/c27-20-13-18-22(31(17-6-7-17)15-19(25(18)32)26(33)34)14-23(20)29-9-11-30(12-10-29)24-8-5-16-3-1-2-4-21(16)28-24/h1-5,8,13-15,17H,6-7,9-12,27H2,(H,33,34). The number of piperazine rings is 1. The van der Waals surface area contributed by atoms with Crippen molar-refractivity contribution in [2.45, 2.75) is 18.9 Å². The molecule has 1 aliphatic heterocycles. The summed E-state index contributed by atoms with van der Waals surface area (Å²) in [6.07, 6.45) is 3.45. The molecule has 8 nitrogen and oxygen atoms in total. The van der Waals surface area contributed by atoms with E-state index < -0.39 is 11.4 Å². The molecule has 0 radical (unpaired) electrons. The van der Waals surface area contributed by atoms with Crippen molar-refractivity contribution in [1.29, 1.82) is 0 Å². The third-order valence-corrected chi connectivity index (χ3v) is 6.88. The van der Waals surface area contributed by atoms with E-state index in [1.807, 2.05) is 28.8 Å². The molecular formula is C26H25N5O3. The number of aromatic carboxylic acids is 1. The lowest BCUT2D eigenvalue weighted by Gasteiger charge is -2.37. The van der Waals surface area contributed by atoms with E-state index in [1.54, 1.807) is 6.07 Å². The van der Waals surface area contributed by atoms with Crippen LogP contribution in [0.25, 0.3) is 21.8 Å². The summed E-state index contributed by atoms with van der Waals surface area (Å²) in [4.78, 5) is 33.8. The second-order valence-corrected chi connectivity index (χ2v) is 9.08. The molecule has 0 atom stereocenters. The van der Waals surface area contributed by atoms with Gasteiger partial charge in [0.05, 0.1) is 22.4 Å². The predicted molar refractivity (Wildman–Crippen MR) is 134 cm³/mol. The zero-order valence-corrected chi connectivity index (χ0v) is 18.6. The number of nitrogens with two attached hydrogens (primary N) is 1. The van der Waals surface area contributed by atoms with Crippen molar-refractivity contribution in [3.8, 4) is 0 Å². The Morgan fingerprint density at radius 1 is 1.00 bits per heavy atom. The van der Waals surface area contributed by atoms with Crippen LogP contribution in [0, 0.1) is 0 Å². The minimum atomic E-state index is -1.21. The fraction of sp³-hybridized carbons (Fsp3) is 0.269. The van der Waals surface area contributed by atoms with E-state index in [-0.39, 0.29) is 11.6 Å². The number of aromatic nitrogens is 2. The van der Waals surface area contributed by atoms with Crippen LogP contribution in [0.4, 0.5) is 17.2 Å². The molecular weight excluding hydrogens is 430 g/mol. The summed E-state index contributed by atoms with van der Waals surface area (Å²) in [6.45, 7) is 3.14. The number of carboxylic acids is 1. The summed E-state index contributed by atoms with van der Waals surface area (Å²) >= 11 is 0. The maximum Gasteiger partial charge on any atom is 0.341 e. The lowest BCUT2D eigenvalue weighted by Crippen LogP contribution is -2.47. The Balaban J connectivity index is 1.31. The quantitative estimate of drug-likeness (QED) is 0.454. The number of carboxylic acid groups (broad SMARTS) is 1. The molecule has 6 rings (SSSR count). The number of para-hydroxylation sites is 1. The summed E-state index contributed by atoms with van der Waals surface area (Å²) in [5.41, 5.74) is 8.83. The average Bonchev–Trinajstić information content (AvgIpc) is 3.69. The molecule has 2 fully saturated rings. The highest BCUT2D eigenvalue weighted by Crippen LogP contribution is 2.39. The average molecular weight is 456 g/mol. The molecule has 34 heavy (non-hydrogen) atoms. The number of hydrogen-bond donors (Lipinski definition) is 2. The molecule has 8 heteroatoms. The monoisotopic (exact) mass is 455 g/mol. The lowest BCUT2D eigenvalue weighted by atomic mass is 10.1. The first-order valence-corrected chi connectivity index (χ1v) is 11.6. The van der Waals surface area contributed by atoms with Gasteiger partial charge in [-0.05, 0) is 43.2 Å². The molecule has 1 aliphatic carbocycles. The summed E-state index contributed by atoms with van der Waals surface area (Å²) in [5.74, 6) is -0.240. The van der Waals surface area contributed by atoms with Crippen LogP contribution in [0.1, 0.15) is 29.2 Å². The van der Waals surface area contributed by atoms with Gasteiger partial charge in [0, 0.05) is 49.2 Å². The molecule has 2 aromatic heterocycles. The zero-order valence-electron chi connectivity index (χ0n) is 18.6. The largest absolute Gasteiger partial charge is 0.477 e. The molecule has 2 aliphatic rings. The number of rotatable bonds is 4. The van der Waals surface area contributed by atoms with Gasteiger partial charge in [0.2, 0.25) is 5.43 Å². The first kappa shape index (κ1) is 20.5. The number of pyridine rings is 2. The molecule has 3 N–H and O–H groups in total. The fourth-order valence-corrected chi connectivity index (χ4v) is 4.89. The first-order chi connectivity index (χ1) is 16.5. The van der Waals surface area contributed by atoms with Gasteiger partial charge >= 0.3 is 5.97 Å². The van der Waals surface area contributed by atoms with Crippen LogP contribution in [0.2, 0.25) is 0 Å². The highest BCUT2D eigenvalue weighted by atomic mass is 16.4. The van der Waals surface area contributed by atoms with Gasteiger partial charge in [0.1, 0.15) is 11.4 Å². The van der Waals surface area contributed by atoms with E-state index in [9.17, 15) is 14.7 Å². The summed E-state index contributed by atoms with van der Waals surface area (Å²) in [7, 11) is 0. The van der Waals surface area contributed by atoms with E-state index in [0.29, 0.717) is 11.1 Å². The molecule has 0 amide bonds. The van der Waals surface area contributed by atoms with Gasteiger partial charge in [0.25, 0.3) is 0 Å². The summed E-state index contributed by atoms with van der Waals surface area (Å²) in [5, 5.41) is 11.0. The van der Waals surface area contributed by atoms with Gasteiger partial charge in [-0.1, -0.05) is 18.2 Å². The Bertz CT molecular complexity index is 1500. The Morgan fingerprint density at radius 3 is 2.47 bits per heavy atom. The van der Waals surface area contributed by atoms with Crippen molar-refractivity contribution in [2.24, 2.45) is 0 Å². The van der Waals surface area contributed by atoms with Gasteiger partial charge in [-0.15, -0.1) is 0 Å². The van der Waals surface area contributed by atoms with Gasteiger partial charge < -0.3 is 25.2 Å². The zero-order chi connectivity index (χ0) is 23.4. The number of benzene rings is 2. The molecule has 1 saturated carbocycles. The Hall–Kier alpha value is -4.07. The fourth-order valence-electron chi connectivity index (χ4n) is 4.89. The predicted octanol–water partition coefficient (Wildman–Crippen LogP) is 3.49. The Labute approximate surface area is 195 Å². The van der Waals surface area contributed by atoms with Crippen molar-refractivity contribution in [1.82, 2.24) is 9.55 Å². The van der Waals surface area contributed by atoms with Gasteiger partial charge in [-0.3, -0.25) is 4.79 Å². The minimum Gasteiger partial charge on any atom is -0.477 e. The van der Waals surface area contributed by atoms with Crippen LogP contribution < -0.4 is 21.0 Å². The van der Waals surface area contributed by atoms with Gasteiger partial charge in [-0.25, -0.2) is 9.78 Å². The van der Waals surface area contributed by atoms with Crippen molar-refractivity contribution in [2.75, 3.05) is 41.7 Å². The topological polar surface area (TPSA) is 105 Å². The molecule has 0 unspecified atom stereocenters. The van der Waals surface area contributed by atoms with Crippen molar-refractivity contribution in [3.05, 3.63) is 70.5 Å². The normalized spacial score (nSPS) is 16.4. The smallest absolute Gasteiger partial charge is 0.341 e. The molecule has 0 spiro atoms. The number of nitrogens with zero attached hydrogens (tertiary/aromatic N) is 4. The SMILES string of the molecule is Nc1cc2c(=O)c(C(=O)O)cn(C3CC3)c2cc1N1CCN(c2ccc3ccccc3n2)CC1. The number of fused-ring (bicyclic) bond motifs is 2. The first-order valence-electron chi connectivity index (χ1n) is 11.6. The van der Waals surface area contributed by atoms with Crippen molar-refractivity contribution >= 4 is 45.0 Å². The maximum atomic E-state index is 12.8. The molecule has 3 heterocycles. The molecule has 4 aromatic rings. The van der Waals surface area contributed by atoms with E-state index in [1.165, 1.54) is 6.20 Å². The van der Waals surface area contributed by atoms with Crippen molar-refractivity contribution in [3.63, 3.8) is 0 Å². The third kappa shape index (κ3) is 3.42. The van der Waals surface area contributed by atoms with Gasteiger partial charge in [0.15, 0.2) is 0 Å². The van der Waals surface area contributed by atoms with Crippen LogP contribution in [0.15, 0.2) is 59.5 Å². The third-order valence-electron chi connectivity index (χ3n) is 6.88. The van der Waals surface area contributed by atoms with E-state index in [2.05, 4.69) is 28.0 Å². The van der Waals surface area contributed by atoms with Crippen LogP contribution in [0.5, 0.6) is 0 Å². The highest BCUT2D eigenvalue weighted by molar-refractivity contribution is 5.96. The number of carbonyl (C=O) groups is 1. The van der Waals surface area contributed by atoms with Crippen LogP contribution in [-0.4, -0.2) is 46.8 Å². The molecule has 0 bridgehead atoms. The van der Waals surface area contributed by atoms with Crippen LogP contribution in [0.3, 0.4) is 0 Å². The van der Waals surface area contributed by atoms with Crippen LogP contribution >= 0.6 is 0 Å². The minimum absolute atomic E-state index is 0.206. The number of anilines is 3. The van der Waals surface area contributed by atoms with E-state index >= 15 is 0 Å². The van der Waals surface area contributed by atoms with Crippen LogP contribution in [-0.2, 0) is 0 Å². The molecule has 172 valence electrons. The number of nitrogen functional groups attached to an aromatic ring is 1. The molecule has 1 saturated heterocycles. The van der Waals surface area contributed by atoms with Crippen molar-refractivity contribution < 1.29 is 9.90 Å². The number of hydrogen-bond acceptors (Lipinski definition) is 6. The Kier molecular flexibility index (Phi) is 4.69. The van der Waals surface area contributed by atoms with E-state index in [4.69, 9.17) is 10.7 Å². The second-order valence-electron chi connectivity index (χ2n) is 9.08. The summed E-state index contributed by atoms with van der Waals surface area (Å²) < 4.78 is 1.94. The molecule has 2 aromatic carbocycles.